The summed E-state index contributed by atoms with van der Waals surface area (Å²) in [6, 6.07) is 16.9. The Kier molecular flexibility index (Phi) is 4.35. The molecule has 0 aliphatic rings. The van der Waals surface area contributed by atoms with Crippen molar-refractivity contribution in [1.82, 2.24) is 5.32 Å². The lowest BCUT2D eigenvalue weighted by molar-refractivity contribution is 0.690. The lowest BCUT2D eigenvalue weighted by Crippen LogP contribution is -2.13. The van der Waals surface area contributed by atoms with Gasteiger partial charge in [-0.05, 0) is 35.7 Å². The van der Waals surface area contributed by atoms with Gasteiger partial charge in [-0.3, -0.25) is 0 Å². The van der Waals surface area contributed by atoms with E-state index in [2.05, 4.69) is 70.6 Å². The predicted molar refractivity (Wildman–Crippen MR) is 75.9 cm³/mol. The first kappa shape index (κ1) is 12.3. The molecule has 1 N–H and O–H groups in total. The molecule has 0 saturated heterocycles. The standard InChI is InChI=1S/C15H16BrN/c1-12-5-2-3-7-14(12)11-17-10-13-6-4-8-15(16)9-13/h2-9,17H,10-11H2,1H3. The second-order valence-electron chi connectivity index (χ2n) is 4.16. The molecule has 2 rings (SSSR count). The molecule has 0 atom stereocenters. The highest BCUT2D eigenvalue weighted by molar-refractivity contribution is 9.10. The minimum Gasteiger partial charge on any atom is -0.309 e. The fourth-order valence-corrected chi connectivity index (χ4v) is 2.24. The van der Waals surface area contributed by atoms with Crippen molar-refractivity contribution in [3.8, 4) is 0 Å². The molecule has 0 fully saturated rings. The third kappa shape index (κ3) is 3.69. The Balaban J connectivity index is 1.90. The molecule has 0 aromatic heterocycles. The van der Waals surface area contributed by atoms with Crippen LogP contribution in [0.1, 0.15) is 16.7 Å². The Labute approximate surface area is 111 Å². The summed E-state index contributed by atoms with van der Waals surface area (Å²) < 4.78 is 1.13. The summed E-state index contributed by atoms with van der Waals surface area (Å²) in [6.07, 6.45) is 0. The summed E-state index contributed by atoms with van der Waals surface area (Å²) in [5.41, 5.74) is 4.00. The number of nitrogens with one attached hydrogen (secondary N) is 1. The van der Waals surface area contributed by atoms with Crippen LogP contribution in [0.4, 0.5) is 0 Å². The Bertz CT molecular complexity index is 494. The van der Waals surface area contributed by atoms with Crippen LogP contribution in [-0.4, -0.2) is 0 Å². The molecule has 0 saturated carbocycles. The normalized spacial score (nSPS) is 10.5. The van der Waals surface area contributed by atoms with E-state index in [4.69, 9.17) is 0 Å². The molecule has 0 aliphatic heterocycles. The van der Waals surface area contributed by atoms with E-state index in [1.54, 1.807) is 0 Å². The number of benzene rings is 2. The van der Waals surface area contributed by atoms with Crippen LogP contribution in [0.25, 0.3) is 0 Å². The third-order valence-corrected chi connectivity index (χ3v) is 3.29. The highest BCUT2D eigenvalue weighted by atomic mass is 79.9. The minimum atomic E-state index is 0.897. The molecule has 88 valence electrons. The first-order valence-corrected chi connectivity index (χ1v) is 6.54. The maximum absolute atomic E-state index is 3.48. The number of halogens is 1. The second-order valence-corrected chi connectivity index (χ2v) is 5.08. The smallest absolute Gasteiger partial charge is 0.0211 e. The van der Waals surface area contributed by atoms with Crippen LogP contribution in [-0.2, 0) is 13.1 Å². The fourth-order valence-electron chi connectivity index (χ4n) is 1.80. The fraction of sp³-hybridized carbons (Fsp3) is 0.200. The monoisotopic (exact) mass is 289 g/mol. The Morgan fingerprint density at radius 3 is 2.59 bits per heavy atom. The largest absolute Gasteiger partial charge is 0.309 e. The molecule has 17 heavy (non-hydrogen) atoms. The zero-order valence-corrected chi connectivity index (χ0v) is 11.5. The van der Waals surface area contributed by atoms with Crippen molar-refractivity contribution in [2.45, 2.75) is 20.0 Å². The van der Waals surface area contributed by atoms with Gasteiger partial charge in [0, 0.05) is 17.6 Å². The number of aryl methyl sites for hydroxylation is 1. The van der Waals surface area contributed by atoms with E-state index in [1.807, 2.05) is 6.07 Å². The molecule has 2 heteroatoms. The van der Waals surface area contributed by atoms with Gasteiger partial charge in [0.2, 0.25) is 0 Å². The van der Waals surface area contributed by atoms with E-state index < -0.39 is 0 Å². The van der Waals surface area contributed by atoms with Gasteiger partial charge < -0.3 is 5.32 Å². The maximum atomic E-state index is 3.48. The van der Waals surface area contributed by atoms with Crippen LogP contribution in [0.15, 0.2) is 53.0 Å². The van der Waals surface area contributed by atoms with E-state index in [1.165, 1.54) is 16.7 Å². The van der Waals surface area contributed by atoms with Crippen molar-refractivity contribution in [2.75, 3.05) is 0 Å². The van der Waals surface area contributed by atoms with Gasteiger partial charge in [-0.25, -0.2) is 0 Å². The van der Waals surface area contributed by atoms with Gasteiger partial charge in [-0.1, -0.05) is 52.3 Å². The molecular formula is C15H16BrN. The summed E-state index contributed by atoms with van der Waals surface area (Å²) in [5, 5.41) is 3.47. The van der Waals surface area contributed by atoms with E-state index in [0.29, 0.717) is 0 Å². The Morgan fingerprint density at radius 1 is 1.00 bits per heavy atom. The minimum absolute atomic E-state index is 0.897. The molecule has 0 radical (unpaired) electrons. The van der Waals surface area contributed by atoms with Gasteiger partial charge in [0.25, 0.3) is 0 Å². The maximum Gasteiger partial charge on any atom is 0.0211 e. The van der Waals surface area contributed by atoms with Crippen molar-refractivity contribution in [2.24, 2.45) is 0 Å². The summed E-state index contributed by atoms with van der Waals surface area (Å²) in [4.78, 5) is 0. The lowest BCUT2D eigenvalue weighted by atomic mass is 10.1. The van der Waals surface area contributed by atoms with Crippen LogP contribution in [0.2, 0.25) is 0 Å². The SMILES string of the molecule is Cc1ccccc1CNCc1cccc(Br)c1. The third-order valence-electron chi connectivity index (χ3n) is 2.79. The van der Waals surface area contributed by atoms with E-state index in [9.17, 15) is 0 Å². The quantitative estimate of drug-likeness (QED) is 0.896. The van der Waals surface area contributed by atoms with E-state index in [-0.39, 0.29) is 0 Å². The van der Waals surface area contributed by atoms with E-state index >= 15 is 0 Å². The number of rotatable bonds is 4. The van der Waals surface area contributed by atoms with Crippen LogP contribution < -0.4 is 5.32 Å². The summed E-state index contributed by atoms with van der Waals surface area (Å²) >= 11 is 3.48. The second kappa shape index (κ2) is 5.99. The van der Waals surface area contributed by atoms with Gasteiger partial charge in [0.05, 0.1) is 0 Å². The Hall–Kier alpha value is -1.12. The van der Waals surface area contributed by atoms with Gasteiger partial charge in [-0.2, -0.15) is 0 Å². The molecule has 0 aliphatic carbocycles. The topological polar surface area (TPSA) is 12.0 Å². The average Bonchev–Trinajstić information content (AvgIpc) is 2.32. The van der Waals surface area contributed by atoms with Crippen molar-refractivity contribution < 1.29 is 0 Å². The lowest BCUT2D eigenvalue weighted by Gasteiger charge is -2.08. The predicted octanol–water partition coefficient (Wildman–Crippen LogP) is 4.05. The summed E-state index contributed by atoms with van der Waals surface area (Å²) in [6.45, 7) is 3.96. The van der Waals surface area contributed by atoms with Gasteiger partial charge in [0.15, 0.2) is 0 Å². The van der Waals surface area contributed by atoms with Gasteiger partial charge >= 0.3 is 0 Å². The highest BCUT2D eigenvalue weighted by Crippen LogP contribution is 2.12. The van der Waals surface area contributed by atoms with Crippen molar-refractivity contribution in [1.29, 1.82) is 0 Å². The first-order valence-electron chi connectivity index (χ1n) is 5.75. The number of hydrogen-bond acceptors (Lipinski definition) is 1. The van der Waals surface area contributed by atoms with E-state index in [0.717, 1.165) is 17.6 Å². The highest BCUT2D eigenvalue weighted by Gasteiger charge is 1.97. The van der Waals surface area contributed by atoms with Gasteiger partial charge in [-0.15, -0.1) is 0 Å². The van der Waals surface area contributed by atoms with Crippen LogP contribution in [0.3, 0.4) is 0 Å². The van der Waals surface area contributed by atoms with Crippen LogP contribution in [0, 0.1) is 6.92 Å². The molecule has 0 spiro atoms. The van der Waals surface area contributed by atoms with Gasteiger partial charge in [0.1, 0.15) is 0 Å². The molecule has 0 bridgehead atoms. The number of hydrogen-bond donors (Lipinski definition) is 1. The summed E-state index contributed by atoms with van der Waals surface area (Å²) in [5.74, 6) is 0. The molecule has 0 amide bonds. The van der Waals surface area contributed by atoms with Crippen LogP contribution >= 0.6 is 15.9 Å². The molecular weight excluding hydrogens is 274 g/mol. The molecule has 2 aromatic rings. The molecule has 0 heterocycles. The first-order chi connectivity index (χ1) is 8.25. The average molecular weight is 290 g/mol. The van der Waals surface area contributed by atoms with Crippen molar-refractivity contribution in [3.05, 3.63) is 69.7 Å². The van der Waals surface area contributed by atoms with Crippen molar-refractivity contribution >= 4 is 15.9 Å². The Morgan fingerprint density at radius 2 is 1.82 bits per heavy atom. The molecule has 2 aromatic carbocycles. The summed E-state index contributed by atoms with van der Waals surface area (Å²) in [7, 11) is 0. The molecule has 0 unspecified atom stereocenters. The molecule has 1 nitrogen and oxygen atoms in total. The van der Waals surface area contributed by atoms with Crippen LogP contribution in [0.5, 0.6) is 0 Å². The van der Waals surface area contributed by atoms with Crippen molar-refractivity contribution in [3.63, 3.8) is 0 Å². The zero-order chi connectivity index (χ0) is 12.1. The zero-order valence-electron chi connectivity index (χ0n) is 9.91.